The Balaban J connectivity index is 3.24. The van der Waals surface area contributed by atoms with E-state index < -0.39 is 0 Å². The van der Waals surface area contributed by atoms with Crippen LogP contribution in [0.5, 0.6) is 0 Å². The van der Waals surface area contributed by atoms with Crippen LogP contribution in [0.2, 0.25) is 0 Å². The van der Waals surface area contributed by atoms with Crippen molar-refractivity contribution in [3.8, 4) is 0 Å². The molecule has 0 heterocycles. The summed E-state index contributed by atoms with van der Waals surface area (Å²) < 4.78 is 4.52. The van der Waals surface area contributed by atoms with Crippen molar-refractivity contribution in [2.45, 2.75) is 32.2 Å². The molecule has 1 unspecified atom stereocenters. The molecule has 0 aliphatic carbocycles. The van der Waals surface area contributed by atoms with E-state index in [4.69, 9.17) is 0 Å². The highest BCUT2D eigenvalue weighted by molar-refractivity contribution is 5.69. The lowest BCUT2D eigenvalue weighted by molar-refractivity contribution is -0.140. The van der Waals surface area contributed by atoms with Crippen LogP contribution in [-0.2, 0) is 9.53 Å². The van der Waals surface area contributed by atoms with Gasteiger partial charge in [-0.25, -0.2) is 0 Å². The highest BCUT2D eigenvalue weighted by Crippen LogP contribution is 1.93. The normalized spacial score (nSPS) is 12.2. The molecule has 3 heteroatoms. The predicted molar refractivity (Wildman–Crippen MR) is 53.5 cm³/mol. The highest BCUT2D eigenvalue weighted by atomic mass is 16.5. The molecule has 0 aliphatic rings. The van der Waals surface area contributed by atoms with Crippen LogP contribution < -0.4 is 5.32 Å². The smallest absolute Gasteiger partial charge is 0.305 e. The molecule has 0 amide bonds. The van der Waals surface area contributed by atoms with Crippen molar-refractivity contribution in [3.63, 3.8) is 0 Å². The van der Waals surface area contributed by atoms with Crippen LogP contribution >= 0.6 is 0 Å². The Labute approximate surface area is 80.2 Å². The second-order valence-corrected chi connectivity index (χ2v) is 3.06. The molecule has 0 saturated heterocycles. The van der Waals surface area contributed by atoms with Gasteiger partial charge in [-0.05, 0) is 26.3 Å². The fourth-order valence-electron chi connectivity index (χ4n) is 1.02. The van der Waals surface area contributed by atoms with Gasteiger partial charge in [0.05, 0.1) is 7.11 Å². The SMILES string of the molecule is C=CCC(C)NCCCC(=O)OC. The van der Waals surface area contributed by atoms with Gasteiger partial charge in [-0.15, -0.1) is 6.58 Å². The van der Waals surface area contributed by atoms with Crippen molar-refractivity contribution >= 4 is 5.97 Å². The minimum atomic E-state index is -0.141. The average Bonchev–Trinajstić information content (AvgIpc) is 2.12. The van der Waals surface area contributed by atoms with Gasteiger partial charge in [0.25, 0.3) is 0 Å². The van der Waals surface area contributed by atoms with E-state index in [0.717, 1.165) is 19.4 Å². The number of nitrogens with one attached hydrogen (secondary N) is 1. The van der Waals surface area contributed by atoms with E-state index in [2.05, 4.69) is 23.6 Å². The van der Waals surface area contributed by atoms with E-state index in [1.54, 1.807) is 0 Å². The topological polar surface area (TPSA) is 38.3 Å². The van der Waals surface area contributed by atoms with Gasteiger partial charge in [-0.1, -0.05) is 6.08 Å². The molecule has 1 atom stereocenters. The number of carbonyl (C=O) groups is 1. The van der Waals surface area contributed by atoms with E-state index in [0.29, 0.717) is 12.5 Å². The summed E-state index contributed by atoms with van der Waals surface area (Å²) >= 11 is 0. The van der Waals surface area contributed by atoms with Crippen LogP contribution in [-0.4, -0.2) is 25.7 Å². The minimum absolute atomic E-state index is 0.141. The van der Waals surface area contributed by atoms with Crippen LogP contribution in [0.25, 0.3) is 0 Å². The molecule has 0 spiro atoms. The average molecular weight is 185 g/mol. The van der Waals surface area contributed by atoms with Crippen LogP contribution in [0.4, 0.5) is 0 Å². The van der Waals surface area contributed by atoms with Gasteiger partial charge in [0.2, 0.25) is 0 Å². The zero-order valence-electron chi connectivity index (χ0n) is 8.51. The Kier molecular flexibility index (Phi) is 7.30. The lowest BCUT2D eigenvalue weighted by Crippen LogP contribution is -2.26. The molecule has 13 heavy (non-hydrogen) atoms. The number of hydrogen-bond acceptors (Lipinski definition) is 3. The maximum Gasteiger partial charge on any atom is 0.305 e. The maximum absolute atomic E-state index is 10.7. The number of hydrogen-bond donors (Lipinski definition) is 1. The second kappa shape index (κ2) is 7.80. The third-order valence-corrected chi connectivity index (χ3v) is 1.80. The van der Waals surface area contributed by atoms with Gasteiger partial charge in [-0.3, -0.25) is 4.79 Å². The number of ether oxygens (including phenoxy) is 1. The predicted octanol–water partition coefficient (Wildman–Crippen LogP) is 1.49. The lowest BCUT2D eigenvalue weighted by atomic mass is 10.2. The third kappa shape index (κ3) is 7.53. The van der Waals surface area contributed by atoms with Crippen molar-refractivity contribution in [2.24, 2.45) is 0 Å². The lowest BCUT2D eigenvalue weighted by Gasteiger charge is -2.10. The van der Waals surface area contributed by atoms with Gasteiger partial charge < -0.3 is 10.1 Å². The molecule has 0 aliphatic heterocycles. The fraction of sp³-hybridized carbons (Fsp3) is 0.700. The van der Waals surface area contributed by atoms with E-state index in [1.165, 1.54) is 7.11 Å². The van der Waals surface area contributed by atoms with Crippen molar-refractivity contribution in [1.29, 1.82) is 0 Å². The molecule has 1 N–H and O–H groups in total. The summed E-state index contributed by atoms with van der Waals surface area (Å²) in [6.07, 6.45) is 4.16. The highest BCUT2D eigenvalue weighted by Gasteiger charge is 2.00. The molecule has 0 bridgehead atoms. The second-order valence-electron chi connectivity index (χ2n) is 3.06. The summed E-state index contributed by atoms with van der Waals surface area (Å²) in [5, 5.41) is 3.28. The van der Waals surface area contributed by atoms with Gasteiger partial charge in [-0.2, -0.15) is 0 Å². The molecule has 0 aromatic heterocycles. The molecule has 3 nitrogen and oxygen atoms in total. The molecule has 0 aromatic carbocycles. The first-order chi connectivity index (χ1) is 6.20. The summed E-state index contributed by atoms with van der Waals surface area (Å²) in [4.78, 5) is 10.7. The number of methoxy groups -OCH3 is 1. The van der Waals surface area contributed by atoms with Crippen LogP contribution in [0.3, 0.4) is 0 Å². The molecule has 0 saturated carbocycles. The van der Waals surface area contributed by atoms with Crippen LogP contribution in [0.15, 0.2) is 12.7 Å². The van der Waals surface area contributed by atoms with E-state index in [9.17, 15) is 4.79 Å². The van der Waals surface area contributed by atoms with E-state index in [1.807, 2.05) is 6.08 Å². The quantitative estimate of drug-likeness (QED) is 0.371. The Morgan fingerprint density at radius 1 is 1.69 bits per heavy atom. The first-order valence-electron chi connectivity index (χ1n) is 4.61. The van der Waals surface area contributed by atoms with Gasteiger partial charge in [0.1, 0.15) is 0 Å². The van der Waals surface area contributed by atoms with Gasteiger partial charge in [0.15, 0.2) is 0 Å². The molecule has 0 fully saturated rings. The Morgan fingerprint density at radius 3 is 2.92 bits per heavy atom. The standard InChI is InChI=1S/C10H19NO2/c1-4-6-9(2)11-8-5-7-10(12)13-3/h4,9,11H,1,5-8H2,2-3H3. The van der Waals surface area contributed by atoms with Crippen LogP contribution in [0, 0.1) is 0 Å². The zero-order valence-corrected chi connectivity index (χ0v) is 8.51. The summed E-state index contributed by atoms with van der Waals surface area (Å²) in [7, 11) is 1.41. The van der Waals surface area contributed by atoms with E-state index in [-0.39, 0.29) is 5.97 Å². The summed E-state index contributed by atoms with van der Waals surface area (Å²) in [5.74, 6) is -0.141. The monoisotopic (exact) mass is 185 g/mol. The maximum atomic E-state index is 10.7. The largest absolute Gasteiger partial charge is 0.469 e. The molecular formula is C10H19NO2. The molecule has 0 rings (SSSR count). The number of carbonyl (C=O) groups excluding carboxylic acids is 1. The van der Waals surface area contributed by atoms with Crippen molar-refractivity contribution in [1.82, 2.24) is 5.32 Å². The molecule has 0 aromatic rings. The van der Waals surface area contributed by atoms with E-state index >= 15 is 0 Å². The number of esters is 1. The zero-order chi connectivity index (χ0) is 10.1. The number of rotatable bonds is 7. The minimum Gasteiger partial charge on any atom is -0.469 e. The van der Waals surface area contributed by atoms with Crippen molar-refractivity contribution in [3.05, 3.63) is 12.7 Å². The molecule has 76 valence electrons. The van der Waals surface area contributed by atoms with Crippen molar-refractivity contribution in [2.75, 3.05) is 13.7 Å². The van der Waals surface area contributed by atoms with Crippen molar-refractivity contribution < 1.29 is 9.53 Å². The third-order valence-electron chi connectivity index (χ3n) is 1.80. The summed E-state index contributed by atoms with van der Waals surface area (Å²) in [6, 6.07) is 0.440. The Morgan fingerprint density at radius 2 is 2.38 bits per heavy atom. The van der Waals surface area contributed by atoms with Gasteiger partial charge >= 0.3 is 5.97 Å². The molecular weight excluding hydrogens is 166 g/mol. The summed E-state index contributed by atoms with van der Waals surface area (Å²) in [5.41, 5.74) is 0. The Bertz CT molecular complexity index is 157. The molecule has 0 radical (unpaired) electrons. The summed E-state index contributed by atoms with van der Waals surface area (Å²) in [6.45, 7) is 6.60. The van der Waals surface area contributed by atoms with Crippen LogP contribution in [0.1, 0.15) is 26.2 Å². The van der Waals surface area contributed by atoms with Gasteiger partial charge in [0, 0.05) is 12.5 Å². The first kappa shape index (κ1) is 12.2. The Hall–Kier alpha value is -0.830. The fourth-order valence-corrected chi connectivity index (χ4v) is 1.02. The first-order valence-corrected chi connectivity index (χ1v) is 4.61.